The molecule has 0 saturated carbocycles. The van der Waals surface area contributed by atoms with Gasteiger partial charge in [-0.1, -0.05) is 0 Å². The molecule has 7 heteroatoms. The van der Waals surface area contributed by atoms with Crippen LogP contribution in [-0.2, 0) is 14.3 Å². The van der Waals surface area contributed by atoms with Gasteiger partial charge in [0.2, 0.25) is 0 Å². The van der Waals surface area contributed by atoms with Gasteiger partial charge in [-0.25, -0.2) is 4.79 Å². The number of rotatable bonds is 3. The zero-order valence-corrected chi connectivity index (χ0v) is 11.7. The molecular formula is C12H20N2O5. The second kappa shape index (κ2) is 5.46. The standard InChI is InChI=1S/C12H20N2O5/c1-11(2,3)19-10(16)14-7-12(8-14,5-6-13-17)9(15)18-4/h6,17H,5,7-8H2,1-4H3. The number of hydrogen-bond donors (Lipinski definition) is 1. The summed E-state index contributed by atoms with van der Waals surface area (Å²) in [6.07, 6.45) is 0.978. The van der Waals surface area contributed by atoms with Crippen LogP contribution in [0.3, 0.4) is 0 Å². The normalized spacial score (nSPS) is 18.0. The maximum absolute atomic E-state index is 11.8. The minimum absolute atomic E-state index is 0.195. The van der Waals surface area contributed by atoms with Crippen molar-refractivity contribution in [3.05, 3.63) is 0 Å². The van der Waals surface area contributed by atoms with Crippen LogP contribution in [0.5, 0.6) is 0 Å². The Kier molecular flexibility index (Phi) is 4.39. The number of oxime groups is 1. The third kappa shape index (κ3) is 3.59. The van der Waals surface area contributed by atoms with E-state index in [4.69, 9.17) is 14.7 Å². The molecule has 0 aromatic heterocycles. The fourth-order valence-electron chi connectivity index (χ4n) is 1.91. The molecule has 1 fully saturated rings. The first-order valence-electron chi connectivity index (χ1n) is 5.96. The summed E-state index contributed by atoms with van der Waals surface area (Å²) in [5.74, 6) is -0.424. The van der Waals surface area contributed by atoms with Gasteiger partial charge in [-0.05, 0) is 20.8 Å². The van der Waals surface area contributed by atoms with E-state index < -0.39 is 23.1 Å². The number of amides is 1. The van der Waals surface area contributed by atoms with Crippen molar-refractivity contribution in [2.75, 3.05) is 20.2 Å². The van der Waals surface area contributed by atoms with Crippen LogP contribution in [0.25, 0.3) is 0 Å². The van der Waals surface area contributed by atoms with Crippen LogP contribution in [0.2, 0.25) is 0 Å². The fourth-order valence-corrected chi connectivity index (χ4v) is 1.91. The van der Waals surface area contributed by atoms with Crippen molar-refractivity contribution in [2.45, 2.75) is 32.8 Å². The Morgan fingerprint density at radius 2 is 2.00 bits per heavy atom. The average molecular weight is 272 g/mol. The molecule has 108 valence electrons. The van der Waals surface area contributed by atoms with E-state index in [0.29, 0.717) is 0 Å². The first-order chi connectivity index (χ1) is 8.74. The number of carbonyl (C=O) groups excluding carboxylic acids is 2. The van der Waals surface area contributed by atoms with Gasteiger partial charge in [0.1, 0.15) is 11.0 Å². The molecule has 1 rings (SSSR count). The van der Waals surface area contributed by atoms with E-state index in [0.717, 1.165) is 0 Å². The van der Waals surface area contributed by atoms with Gasteiger partial charge in [0.05, 0.1) is 7.11 Å². The minimum atomic E-state index is -0.835. The Morgan fingerprint density at radius 1 is 1.42 bits per heavy atom. The highest BCUT2D eigenvalue weighted by Crippen LogP contribution is 2.35. The van der Waals surface area contributed by atoms with Gasteiger partial charge in [-0.15, -0.1) is 5.16 Å². The highest BCUT2D eigenvalue weighted by atomic mass is 16.6. The maximum atomic E-state index is 11.8. The number of likely N-dealkylation sites (tertiary alicyclic amines) is 1. The van der Waals surface area contributed by atoms with Gasteiger partial charge in [0, 0.05) is 25.7 Å². The van der Waals surface area contributed by atoms with Crippen molar-refractivity contribution in [3.8, 4) is 0 Å². The molecule has 0 aromatic rings. The molecule has 1 aliphatic heterocycles. The molecule has 0 bridgehead atoms. The molecular weight excluding hydrogens is 252 g/mol. The van der Waals surface area contributed by atoms with Crippen molar-refractivity contribution in [1.29, 1.82) is 0 Å². The monoisotopic (exact) mass is 272 g/mol. The average Bonchev–Trinajstić information content (AvgIpc) is 2.24. The first kappa shape index (κ1) is 15.3. The van der Waals surface area contributed by atoms with Crippen LogP contribution in [-0.4, -0.2) is 54.2 Å². The second-order valence-electron chi connectivity index (χ2n) is 5.61. The van der Waals surface area contributed by atoms with E-state index in [1.165, 1.54) is 18.2 Å². The number of ether oxygens (including phenoxy) is 2. The fraction of sp³-hybridized carbons (Fsp3) is 0.750. The highest BCUT2D eigenvalue weighted by Gasteiger charge is 2.52. The molecule has 1 saturated heterocycles. The molecule has 0 aromatic carbocycles. The second-order valence-corrected chi connectivity index (χ2v) is 5.61. The molecule has 7 nitrogen and oxygen atoms in total. The summed E-state index contributed by atoms with van der Waals surface area (Å²) >= 11 is 0. The molecule has 1 aliphatic rings. The van der Waals surface area contributed by atoms with Crippen molar-refractivity contribution in [2.24, 2.45) is 10.6 Å². The summed E-state index contributed by atoms with van der Waals surface area (Å²) in [6.45, 7) is 5.71. The maximum Gasteiger partial charge on any atom is 0.410 e. The summed E-state index contributed by atoms with van der Waals surface area (Å²) < 4.78 is 9.93. The zero-order valence-electron chi connectivity index (χ0n) is 11.7. The van der Waals surface area contributed by atoms with Gasteiger partial charge < -0.3 is 19.6 Å². The van der Waals surface area contributed by atoms with Crippen molar-refractivity contribution in [3.63, 3.8) is 0 Å². The Labute approximate surface area is 112 Å². The molecule has 1 N–H and O–H groups in total. The predicted octanol–water partition coefficient (Wildman–Crippen LogP) is 1.25. The number of nitrogens with zero attached hydrogens (tertiary/aromatic N) is 2. The lowest BCUT2D eigenvalue weighted by molar-refractivity contribution is -0.162. The van der Waals surface area contributed by atoms with Crippen LogP contribution in [0, 0.1) is 5.41 Å². The SMILES string of the molecule is COC(=O)C1(CC=NO)CN(C(=O)OC(C)(C)C)C1. The molecule has 0 radical (unpaired) electrons. The van der Waals surface area contributed by atoms with Gasteiger partial charge in [-0.3, -0.25) is 4.79 Å². The van der Waals surface area contributed by atoms with Gasteiger partial charge in [0.25, 0.3) is 0 Å². The highest BCUT2D eigenvalue weighted by molar-refractivity contribution is 5.85. The van der Waals surface area contributed by atoms with Crippen LogP contribution in [0.1, 0.15) is 27.2 Å². The lowest BCUT2D eigenvalue weighted by atomic mass is 9.77. The molecule has 0 atom stereocenters. The third-order valence-corrected chi connectivity index (χ3v) is 2.82. The summed E-state index contributed by atoms with van der Waals surface area (Å²) in [5, 5.41) is 11.3. The van der Waals surface area contributed by atoms with Crippen molar-refractivity contribution in [1.82, 2.24) is 4.90 Å². The molecule has 0 spiro atoms. The molecule has 19 heavy (non-hydrogen) atoms. The lowest BCUT2D eigenvalue weighted by Gasteiger charge is -2.46. The van der Waals surface area contributed by atoms with Gasteiger partial charge >= 0.3 is 12.1 Å². The molecule has 1 heterocycles. The summed E-state index contributed by atoms with van der Waals surface area (Å²) in [4.78, 5) is 24.9. The summed E-state index contributed by atoms with van der Waals surface area (Å²) in [7, 11) is 1.29. The Bertz CT molecular complexity index is 380. The number of esters is 1. The summed E-state index contributed by atoms with van der Waals surface area (Å²) in [6, 6.07) is 0. The molecule has 0 unspecified atom stereocenters. The Balaban J connectivity index is 2.64. The van der Waals surface area contributed by atoms with Crippen LogP contribution < -0.4 is 0 Å². The van der Waals surface area contributed by atoms with E-state index in [1.807, 2.05) is 0 Å². The van der Waals surface area contributed by atoms with E-state index in [-0.39, 0.29) is 19.5 Å². The van der Waals surface area contributed by atoms with Crippen molar-refractivity contribution < 1.29 is 24.3 Å². The van der Waals surface area contributed by atoms with E-state index in [1.54, 1.807) is 20.8 Å². The van der Waals surface area contributed by atoms with Crippen LogP contribution >= 0.6 is 0 Å². The van der Waals surface area contributed by atoms with Crippen LogP contribution in [0.15, 0.2) is 5.16 Å². The van der Waals surface area contributed by atoms with Gasteiger partial charge in [0.15, 0.2) is 0 Å². The smallest absolute Gasteiger partial charge is 0.410 e. The summed E-state index contributed by atoms with van der Waals surface area (Å²) in [5.41, 5.74) is -1.41. The topological polar surface area (TPSA) is 88.4 Å². The predicted molar refractivity (Wildman–Crippen MR) is 67.2 cm³/mol. The van der Waals surface area contributed by atoms with Crippen molar-refractivity contribution >= 4 is 18.3 Å². The largest absolute Gasteiger partial charge is 0.468 e. The third-order valence-electron chi connectivity index (χ3n) is 2.82. The number of methoxy groups -OCH3 is 1. The minimum Gasteiger partial charge on any atom is -0.468 e. The molecule has 1 amide bonds. The zero-order chi connectivity index (χ0) is 14.7. The lowest BCUT2D eigenvalue weighted by Crippen LogP contribution is -2.63. The van der Waals surface area contributed by atoms with E-state index in [2.05, 4.69) is 5.16 Å². The van der Waals surface area contributed by atoms with Crippen LogP contribution in [0.4, 0.5) is 4.79 Å². The number of hydrogen-bond acceptors (Lipinski definition) is 6. The van der Waals surface area contributed by atoms with E-state index >= 15 is 0 Å². The Morgan fingerprint density at radius 3 is 2.42 bits per heavy atom. The number of carbonyl (C=O) groups is 2. The van der Waals surface area contributed by atoms with Gasteiger partial charge in [-0.2, -0.15) is 0 Å². The van der Waals surface area contributed by atoms with E-state index in [9.17, 15) is 9.59 Å². The molecule has 0 aliphatic carbocycles. The quantitative estimate of drug-likeness (QED) is 0.361. The first-order valence-corrected chi connectivity index (χ1v) is 5.96. The Hall–Kier alpha value is -1.79.